The normalized spacial score (nSPS) is 11.0. The van der Waals surface area contributed by atoms with E-state index in [-0.39, 0.29) is 5.91 Å². The van der Waals surface area contributed by atoms with Gasteiger partial charge in [0.15, 0.2) is 0 Å². The van der Waals surface area contributed by atoms with Gasteiger partial charge in [0, 0.05) is 22.9 Å². The first kappa shape index (κ1) is 21.9. The predicted molar refractivity (Wildman–Crippen MR) is 132 cm³/mol. The molecule has 0 aliphatic rings. The molecule has 0 spiro atoms. The summed E-state index contributed by atoms with van der Waals surface area (Å²) < 4.78 is 1.62. The van der Waals surface area contributed by atoms with Crippen molar-refractivity contribution in [1.82, 2.24) is 9.78 Å². The molecule has 5 nitrogen and oxygen atoms in total. The monoisotopic (exact) mass is 464 g/mol. The zero-order chi connectivity index (χ0) is 22.8. The summed E-state index contributed by atoms with van der Waals surface area (Å²) in [5, 5.41) is 8.43. The molecule has 0 fully saturated rings. The molecular weight excluding hydrogens is 443 g/mol. The van der Waals surface area contributed by atoms with Gasteiger partial charge in [0.05, 0.1) is 21.4 Å². The molecule has 0 aliphatic carbocycles. The van der Waals surface area contributed by atoms with Crippen molar-refractivity contribution in [2.75, 3.05) is 11.1 Å². The minimum Gasteiger partial charge on any atom is -0.384 e. The van der Waals surface area contributed by atoms with Crippen LogP contribution in [0.3, 0.4) is 0 Å². The molecule has 3 N–H and O–H groups in total. The number of amides is 1. The Hall–Kier alpha value is -3.28. The lowest BCUT2D eigenvalue weighted by Crippen LogP contribution is -2.12. The first-order valence-electron chi connectivity index (χ1n) is 10.1. The number of rotatable bonds is 5. The fraction of sp³-hybridized carbons (Fsp3) is 0.120. The lowest BCUT2D eigenvalue weighted by molar-refractivity contribution is 0.102. The van der Waals surface area contributed by atoms with Crippen LogP contribution in [0.15, 0.2) is 72.8 Å². The largest absolute Gasteiger partial charge is 0.384 e. The predicted octanol–water partition coefficient (Wildman–Crippen LogP) is 6.80. The van der Waals surface area contributed by atoms with E-state index < -0.39 is 0 Å². The van der Waals surface area contributed by atoms with Crippen molar-refractivity contribution in [2.45, 2.75) is 19.8 Å². The van der Waals surface area contributed by atoms with Gasteiger partial charge in [-0.3, -0.25) is 4.79 Å². The summed E-state index contributed by atoms with van der Waals surface area (Å²) in [5.74, 6) is 0.728. The van der Waals surface area contributed by atoms with Crippen molar-refractivity contribution >= 4 is 40.6 Å². The average Bonchev–Trinajstić information content (AvgIpc) is 3.17. The molecule has 0 radical (unpaired) electrons. The number of nitrogens with two attached hydrogens (primary N) is 1. The van der Waals surface area contributed by atoms with Gasteiger partial charge in [0.2, 0.25) is 0 Å². The zero-order valence-corrected chi connectivity index (χ0v) is 19.2. The highest BCUT2D eigenvalue weighted by Crippen LogP contribution is 2.29. The lowest BCUT2D eigenvalue weighted by Gasteiger charge is -2.09. The molecule has 0 saturated heterocycles. The van der Waals surface area contributed by atoms with Crippen LogP contribution in [0.5, 0.6) is 0 Å². The molecule has 0 unspecified atom stereocenters. The number of hydrogen-bond acceptors (Lipinski definition) is 3. The number of halogens is 2. The van der Waals surface area contributed by atoms with Crippen molar-refractivity contribution in [3.63, 3.8) is 0 Å². The van der Waals surface area contributed by atoms with Gasteiger partial charge in [-0.2, -0.15) is 5.10 Å². The van der Waals surface area contributed by atoms with E-state index >= 15 is 0 Å². The van der Waals surface area contributed by atoms with Crippen molar-refractivity contribution < 1.29 is 4.79 Å². The third kappa shape index (κ3) is 4.64. The van der Waals surface area contributed by atoms with Crippen molar-refractivity contribution in [1.29, 1.82) is 0 Å². The number of carbonyl (C=O) groups is 1. The zero-order valence-electron chi connectivity index (χ0n) is 17.6. The first-order chi connectivity index (χ1) is 15.3. The van der Waals surface area contributed by atoms with Crippen LogP contribution < -0.4 is 11.1 Å². The fourth-order valence-corrected chi connectivity index (χ4v) is 3.61. The maximum Gasteiger partial charge on any atom is 0.255 e. The van der Waals surface area contributed by atoms with E-state index in [1.165, 1.54) is 5.56 Å². The van der Waals surface area contributed by atoms with Crippen LogP contribution in [-0.4, -0.2) is 15.7 Å². The number of carbonyl (C=O) groups excluding carboxylic acids is 1. The number of hydrogen-bond donors (Lipinski definition) is 2. The highest BCUT2D eigenvalue weighted by molar-refractivity contribution is 6.42. The van der Waals surface area contributed by atoms with Crippen molar-refractivity contribution in [3.8, 4) is 16.9 Å². The average molecular weight is 465 g/mol. The summed E-state index contributed by atoms with van der Waals surface area (Å²) >= 11 is 12.1. The molecule has 162 valence electrons. The Morgan fingerprint density at radius 3 is 2.25 bits per heavy atom. The number of aromatic nitrogens is 2. The molecule has 1 aromatic heterocycles. The standard InChI is InChI=1S/C25H22Cl2N4O/c1-15(2)16-3-8-19(9-4-16)29-25(32)17-5-10-20(11-6-17)31-24(28)14-23(30-31)18-7-12-21(26)22(27)13-18/h3-15H,28H2,1-2H3,(H,29,32). The Labute approximate surface area is 196 Å². The Balaban J connectivity index is 1.51. The molecule has 1 heterocycles. The minimum atomic E-state index is -0.182. The van der Waals surface area contributed by atoms with Crippen LogP contribution in [0, 0.1) is 0 Å². The Morgan fingerprint density at radius 1 is 0.938 bits per heavy atom. The molecular formula is C25H22Cl2N4O. The number of benzene rings is 3. The molecule has 0 atom stereocenters. The SMILES string of the molecule is CC(C)c1ccc(NC(=O)c2ccc(-n3nc(-c4ccc(Cl)c(Cl)c4)cc3N)cc2)cc1. The summed E-state index contributed by atoms with van der Waals surface area (Å²) in [6.45, 7) is 4.27. The Bertz CT molecular complexity index is 1260. The van der Waals surface area contributed by atoms with Crippen LogP contribution in [0.25, 0.3) is 16.9 Å². The molecule has 7 heteroatoms. The number of anilines is 2. The van der Waals surface area contributed by atoms with Gasteiger partial charge >= 0.3 is 0 Å². The number of nitrogens with zero attached hydrogens (tertiary/aromatic N) is 2. The molecule has 3 aromatic carbocycles. The summed E-state index contributed by atoms with van der Waals surface area (Å²) in [5.41, 5.74) is 10.9. The van der Waals surface area contributed by atoms with Crippen LogP contribution in [0.2, 0.25) is 10.0 Å². The van der Waals surface area contributed by atoms with E-state index in [0.717, 1.165) is 16.9 Å². The molecule has 0 bridgehead atoms. The van der Waals surface area contributed by atoms with Gasteiger partial charge in [-0.25, -0.2) is 4.68 Å². The summed E-state index contributed by atoms with van der Waals surface area (Å²) in [6.07, 6.45) is 0. The van der Waals surface area contributed by atoms with E-state index in [1.807, 2.05) is 30.3 Å². The van der Waals surface area contributed by atoms with Gasteiger partial charge < -0.3 is 11.1 Å². The topological polar surface area (TPSA) is 72.9 Å². The van der Waals surface area contributed by atoms with E-state index in [1.54, 1.807) is 47.1 Å². The second-order valence-corrected chi connectivity index (χ2v) is 8.59. The molecule has 4 rings (SSSR count). The van der Waals surface area contributed by atoms with Crippen molar-refractivity contribution in [2.24, 2.45) is 0 Å². The van der Waals surface area contributed by atoms with Crippen LogP contribution in [0.1, 0.15) is 35.7 Å². The second-order valence-electron chi connectivity index (χ2n) is 7.77. The first-order valence-corrected chi connectivity index (χ1v) is 10.9. The molecule has 0 aliphatic heterocycles. The maximum absolute atomic E-state index is 12.6. The maximum atomic E-state index is 12.6. The third-order valence-corrected chi connectivity index (χ3v) is 5.90. The molecule has 32 heavy (non-hydrogen) atoms. The molecule has 0 saturated carbocycles. The Kier molecular flexibility index (Phi) is 6.21. The highest BCUT2D eigenvalue weighted by Gasteiger charge is 2.12. The number of nitrogen functional groups attached to an aromatic ring is 1. The smallest absolute Gasteiger partial charge is 0.255 e. The van der Waals surface area contributed by atoms with Crippen LogP contribution >= 0.6 is 23.2 Å². The van der Waals surface area contributed by atoms with Gasteiger partial charge in [-0.05, 0) is 60.0 Å². The minimum absolute atomic E-state index is 0.182. The van der Waals surface area contributed by atoms with E-state index in [4.69, 9.17) is 28.9 Å². The van der Waals surface area contributed by atoms with E-state index in [0.29, 0.717) is 33.0 Å². The summed E-state index contributed by atoms with van der Waals surface area (Å²) in [7, 11) is 0. The number of nitrogens with one attached hydrogen (secondary N) is 1. The van der Waals surface area contributed by atoms with Gasteiger partial charge in [-0.1, -0.05) is 55.2 Å². The van der Waals surface area contributed by atoms with Crippen LogP contribution in [-0.2, 0) is 0 Å². The molecule has 4 aromatic rings. The van der Waals surface area contributed by atoms with Gasteiger partial charge in [-0.15, -0.1) is 0 Å². The summed E-state index contributed by atoms with van der Waals surface area (Å²) in [4.78, 5) is 12.6. The van der Waals surface area contributed by atoms with Gasteiger partial charge in [0.25, 0.3) is 5.91 Å². The third-order valence-electron chi connectivity index (χ3n) is 5.16. The molecule has 1 amide bonds. The second kappa shape index (κ2) is 9.07. The van der Waals surface area contributed by atoms with Crippen LogP contribution in [0.4, 0.5) is 11.5 Å². The lowest BCUT2D eigenvalue weighted by atomic mass is 10.0. The summed E-state index contributed by atoms with van der Waals surface area (Å²) in [6, 6.07) is 22.0. The fourth-order valence-electron chi connectivity index (χ4n) is 3.31. The van der Waals surface area contributed by atoms with Gasteiger partial charge in [0.1, 0.15) is 5.82 Å². The van der Waals surface area contributed by atoms with E-state index in [2.05, 4.69) is 24.3 Å². The van der Waals surface area contributed by atoms with E-state index in [9.17, 15) is 4.79 Å². The van der Waals surface area contributed by atoms with Crippen molar-refractivity contribution in [3.05, 3.63) is 94.0 Å². The Morgan fingerprint density at radius 2 is 1.62 bits per heavy atom. The quantitative estimate of drug-likeness (QED) is 0.340. The highest BCUT2D eigenvalue weighted by atomic mass is 35.5.